The zero-order chi connectivity index (χ0) is 31.3. The van der Waals surface area contributed by atoms with E-state index in [0.29, 0.717) is 0 Å². The molecule has 11 rings (SSSR count). The van der Waals surface area contributed by atoms with E-state index in [9.17, 15) is 0 Å². The summed E-state index contributed by atoms with van der Waals surface area (Å²) in [6, 6.07) is 56.5. The molecule has 7 aromatic carbocycles. The van der Waals surface area contributed by atoms with Crippen molar-refractivity contribution in [2.24, 2.45) is 0 Å². The second kappa shape index (κ2) is 9.50. The highest BCUT2D eigenvalue weighted by atomic mass is 15.1. The Kier molecular flexibility index (Phi) is 5.08. The van der Waals surface area contributed by atoms with Crippen molar-refractivity contribution < 1.29 is 0 Å². The number of nitrogens with zero attached hydrogens (tertiary/aromatic N) is 4. The van der Waals surface area contributed by atoms with Gasteiger partial charge in [0.1, 0.15) is 5.69 Å². The molecule has 0 aliphatic carbocycles. The zero-order valence-corrected chi connectivity index (χ0v) is 25.8. The largest absolute Gasteiger partial charge is 0.309 e. The molecule has 222 valence electrons. The van der Waals surface area contributed by atoms with Crippen LogP contribution in [0, 0.1) is 0 Å². The van der Waals surface area contributed by atoms with E-state index in [2.05, 4.69) is 155 Å². The van der Waals surface area contributed by atoms with E-state index in [0.717, 1.165) is 44.8 Å². The fraction of sp³-hybridized carbons (Fsp3) is 0. The van der Waals surface area contributed by atoms with Crippen molar-refractivity contribution in [3.8, 4) is 45.0 Å². The molecule has 0 unspecified atom stereocenters. The molecule has 48 heavy (non-hydrogen) atoms. The molecule has 3 aromatic heterocycles. The van der Waals surface area contributed by atoms with Crippen LogP contribution >= 0.6 is 0 Å². The minimum atomic E-state index is 0.865. The van der Waals surface area contributed by atoms with Gasteiger partial charge in [-0.05, 0) is 65.2 Å². The van der Waals surface area contributed by atoms with Gasteiger partial charge in [0.2, 0.25) is 0 Å². The van der Waals surface area contributed by atoms with Crippen LogP contribution in [0.3, 0.4) is 0 Å². The van der Waals surface area contributed by atoms with Crippen LogP contribution in [0.15, 0.2) is 158 Å². The van der Waals surface area contributed by atoms with Crippen LogP contribution in [0.5, 0.6) is 0 Å². The molecular weight excluding hydrogens is 585 g/mol. The third-order valence-corrected chi connectivity index (χ3v) is 10.1. The molecule has 0 saturated carbocycles. The number of fused-ring (bicyclic) bond motifs is 12. The highest BCUT2D eigenvalue weighted by molar-refractivity contribution is 6.22. The van der Waals surface area contributed by atoms with E-state index in [1.165, 1.54) is 54.8 Å². The Hall–Kier alpha value is -6.52. The van der Waals surface area contributed by atoms with E-state index in [4.69, 9.17) is 9.97 Å². The monoisotopic (exact) mass is 610 g/mol. The molecule has 4 heterocycles. The van der Waals surface area contributed by atoms with Crippen LogP contribution < -0.4 is 0 Å². The molecule has 0 atom stereocenters. The standard InChI is InChI=1S/C44H26N4/c1-2-12-28(13-3-1)47-38-20-10-6-15-31(38)35-26-27(22-25-40(35)47)29-23-24-33-30-14-4-5-16-32(30)42-44(46-37-19-9-8-18-36(37)45-42)48-39-21-11-7-17-34(39)41(29)43(33)48/h1-26H. The first-order chi connectivity index (χ1) is 23.8. The number of rotatable bonds is 2. The average Bonchev–Trinajstić information content (AvgIpc) is 3.64. The van der Waals surface area contributed by atoms with Crippen LogP contribution in [0.2, 0.25) is 0 Å². The van der Waals surface area contributed by atoms with Gasteiger partial charge in [0, 0.05) is 38.4 Å². The van der Waals surface area contributed by atoms with Crippen LogP contribution in [0.4, 0.5) is 0 Å². The number of hydrogen-bond donors (Lipinski definition) is 0. The van der Waals surface area contributed by atoms with Crippen LogP contribution in [0.25, 0.3) is 99.7 Å². The summed E-state index contributed by atoms with van der Waals surface area (Å²) in [7, 11) is 0. The predicted molar refractivity (Wildman–Crippen MR) is 198 cm³/mol. The highest BCUT2D eigenvalue weighted by Gasteiger charge is 2.28. The molecule has 10 aromatic rings. The van der Waals surface area contributed by atoms with Gasteiger partial charge in [-0.1, -0.05) is 109 Å². The van der Waals surface area contributed by atoms with Gasteiger partial charge in [-0.3, -0.25) is 4.57 Å². The van der Waals surface area contributed by atoms with Gasteiger partial charge in [0.05, 0.1) is 33.1 Å². The van der Waals surface area contributed by atoms with Crippen molar-refractivity contribution in [2.75, 3.05) is 0 Å². The second-order valence-corrected chi connectivity index (χ2v) is 12.6. The molecule has 0 amide bonds. The van der Waals surface area contributed by atoms with Crippen LogP contribution in [-0.4, -0.2) is 19.1 Å². The Morgan fingerprint density at radius 3 is 1.85 bits per heavy atom. The Balaban J connectivity index is 1.27. The van der Waals surface area contributed by atoms with Crippen molar-refractivity contribution in [1.82, 2.24) is 19.1 Å². The lowest BCUT2D eigenvalue weighted by Gasteiger charge is -2.12. The summed E-state index contributed by atoms with van der Waals surface area (Å²) >= 11 is 0. The van der Waals surface area contributed by atoms with Gasteiger partial charge >= 0.3 is 0 Å². The quantitative estimate of drug-likeness (QED) is 0.195. The van der Waals surface area contributed by atoms with Crippen molar-refractivity contribution in [3.63, 3.8) is 0 Å². The molecule has 0 fully saturated rings. The van der Waals surface area contributed by atoms with Crippen LogP contribution in [0.1, 0.15) is 0 Å². The average molecular weight is 611 g/mol. The second-order valence-electron chi connectivity index (χ2n) is 12.6. The number of para-hydroxylation sites is 5. The molecular formula is C44H26N4. The smallest absolute Gasteiger partial charge is 0.165 e. The van der Waals surface area contributed by atoms with Gasteiger partial charge in [0.15, 0.2) is 5.82 Å². The Morgan fingerprint density at radius 2 is 1.02 bits per heavy atom. The summed E-state index contributed by atoms with van der Waals surface area (Å²) in [5.74, 6) is 0.865. The Labute approximate surface area is 275 Å². The van der Waals surface area contributed by atoms with Gasteiger partial charge < -0.3 is 4.57 Å². The van der Waals surface area contributed by atoms with E-state index in [1.807, 2.05) is 12.1 Å². The number of aromatic nitrogens is 4. The van der Waals surface area contributed by atoms with Gasteiger partial charge in [-0.2, -0.15) is 0 Å². The maximum atomic E-state index is 5.33. The molecule has 1 aliphatic heterocycles. The zero-order valence-electron chi connectivity index (χ0n) is 25.8. The number of benzene rings is 7. The van der Waals surface area contributed by atoms with E-state index >= 15 is 0 Å². The molecule has 4 heteroatoms. The summed E-state index contributed by atoms with van der Waals surface area (Å²) in [4.78, 5) is 10.6. The van der Waals surface area contributed by atoms with Gasteiger partial charge in [-0.25, -0.2) is 9.97 Å². The minimum absolute atomic E-state index is 0.865. The summed E-state index contributed by atoms with van der Waals surface area (Å²) in [5, 5.41) is 4.92. The van der Waals surface area contributed by atoms with E-state index in [-0.39, 0.29) is 0 Å². The van der Waals surface area contributed by atoms with Crippen molar-refractivity contribution in [1.29, 1.82) is 0 Å². The van der Waals surface area contributed by atoms with E-state index < -0.39 is 0 Å². The molecule has 0 N–H and O–H groups in total. The Bertz CT molecular complexity index is 2950. The minimum Gasteiger partial charge on any atom is -0.309 e. The first kappa shape index (κ1) is 25.6. The first-order valence-electron chi connectivity index (χ1n) is 16.4. The summed E-state index contributed by atoms with van der Waals surface area (Å²) in [6.07, 6.45) is 0. The fourth-order valence-corrected chi connectivity index (χ4v) is 8.02. The lowest BCUT2D eigenvalue weighted by Crippen LogP contribution is -2.02. The summed E-state index contributed by atoms with van der Waals surface area (Å²) < 4.78 is 4.73. The topological polar surface area (TPSA) is 35.6 Å². The third-order valence-electron chi connectivity index (χ3n) is 10.1. The SMILES string of the molecule is c1ccc(-n2c3ccccc3c3cc(-c4ccc5c6c4c4ccccc4n6-c4nc6ccccc6nc4-c4ccccc4-5)ccc32)cc1. The Morgan fingerprint density at radius 1 is 0.396 bits per heavy atom. The maximum absolute atomic E-state index is 5.33. The van der Waals surface area contributed by atoms with Crippen molar-refractivity contribution >= 4 is 54.6 Å². The molecule has 1 aliphatic rings. The van der Waals surface area contributed by atoms with Crippen LogP contribution in [-0.2, 0) is 0 Å². The van der Waals surface area contributed by atoms with Crippen molar-refractivity contribution in [2.45, 2.75) is 0 Å². The predicted octanol–water partition coefficient (Wildman–Crippen LogP) is 11.1. The molecule has 0 saturated heterocycles. The lowest BCUT2D eigenvalue weighted by atomic mass is 9.92. The van der Waals surface area contributed by atoms with Gasteiger partial charge in [-0.15, -0.1) is 0 Å². The fourth-order valence-electron chi connectivity index (χ4n) is 8.02. The summed E-state index contributed by atoms with van der Waals surface area (Å²) in [5.41, 5.74) is 14.4. The van der Waals surface area contributed by atoms with Gasteiger partial charge in [0.25, 0.3) is 0 Å². The van der Waals surface area contributed by atoms with E-state index in [1.54, 1.807) is 0 Å². The first-order valence-corrected chi connectivity index (χ1v) is 16.4. The third kappa shape index (κ3) is 3.38. The molecule has 0 bridgehead atoms. The normalized spacial score (nSPS) is 12.2. The maximum Gasteiger partial charge on any atom is 0.165 e. The highest BCUT2D eigenvalue weighted by Crippen LogP contribution is 2.49. The van der Waals surface area contributed by atoms with Crippen molar-refractivity contribution in [3.05, 3.63) is 158 Å². The lowest BCUT2D eigenvalue weighted by molar-refractivity contribution is 1.09. The molecule has 4 nitrogen and oxygen atoms in total. The summed E-state index contributed by atoms with van der Waals surface area (Å²) in [6.45, 7) is 0. The molecule has 0 spiro atoms. The number of hydrogen-bond acceptors (Lipinski definition) is 2. The molecule has 0 radical (unpaired) electrons.